The average Bonchev–Trinajstić information content (AvgIpc) is 2.54. The van der Waals surface area contributed by atoms with Crippen molar-refractivity contribution in [2.24, 2.45) is 0 Å². The minimum atomic E-state index is -0.231. The molecule has 4 nitrogen and oxygen atoms in total. The third kappa shape index (κ3) is 5.29. The van der Waals surface area contributed by atoms with E-state index in [1.54, 1.807) is 0 Å². The molecule has 0 bridgehead atoms. The predicted molar refractivity (Wildman–Crippen MR) is 108 cm³/mol. The summed E-state index contributed by atoms with van der Waals surface area (Å²) in [5, 5.41) is 3.42. The first-order valence-corrected chi connectivity index (χ1v) is 8.63. The lowest BCUT2D eigenvalue weighted by atomic mass is 9.87. The van der Waals surface area contributed by atoms with Gasteiger partial charge in [-0.1, -0.05) is 50.6 Å². The van der Waals surface area contributed by atoms with Gasteiger partial charge in [0.25, 0.3) is 5.91 Å². The van der Waals surface area contributed by atoms with Crippen molar-refractivity contribution in [3.63, 3.8) is 0 Å². The van der Waals surface area contributed by atoms with Crippen LogP contribution in [0.25, 0.3) is 0 Å². The maximum atomic E-state index is 12.2. The molecule has 0 fully saturated rings. The Morgan fingerprint density at radius 2 is 1.60 bits per heavy atom. The van der Waals surface area contributed by atoms with E-state index in [2.05, 4.69) is 43.0 Å². The van der Waals surface area contributed by atoms with Crippen molar-refractivity contribution >= 4 is 28.9 Å². The number of hydrogen-bond acceptors (Lipinski definition) is 2. The number of thiocarbonyl (C=S) groups is 1. The molecule has 0 aliphatic rings. The topological polar surface area (TPSA) is 53.2 Å². The number of benzene rings is 2. The normalized spacial score (nSPS) is 10.9. The number of carbonyl (C=O) groups excluding carboxylic acids is 1. The fraction of sp³-hybridized carbons (Fsp3) is 0.300. The molecule has 0 heterocycles. The predicted octanol–water partition coefficient (Wildman–Crippen LogP) is 4.23. The van der Waals surface area contributed by atoms with Crippen molar-refractivity contribution in [1.82, 2.24) is 10.9 Å². The number of aryl methyl sites for hydroxylation is 2. The molecule has 0 radical (unpaired) electrons. The van der Waals surface area contributed by atoms with E-state index in [0.717, 1.165) is 11.3 Å². The minimum absolute atomic E-state index is 0.0602. The number of hydrazine groups is 1. The Morgan fingerprint density at radius 1 is 0.960 bits per heavy atom. The van der Waals surface area contributed by atoms with Crippen LogP contribution in [0.15, 0.2) is 42.5 Å². The second-order valence-electron chi connectivity index (χ2n) is 7.18. The molecule has 0 saturated heterocycles. The molecule has 0 aliphatic carbocycles. The first kappa shape index (κ1) is 18.9. The van der Waals surface area contributed by atoms with E-state index < -0.39 is 0 Å². The molecule has 5 heteroatoms. The van der Waals surface area contributed by atoms with Crippen LogP contribution >= 0.6 is 12.2 Å². The van der Waals surface area contributed by atoms with E-state index >= 15 is 0 Å². The van der Waals surface area contributed by atoms with Crippen molar-refractivity contribution in [2.45, 2.75) is 40.0 Å². The van der Waals surface area contributed by atoms with Crippen molar-refractivity contribution in [2.75, 3.05) is 5.32 Å². The first-order chi connectivity index (χ1) is 11.7. The van der Waals surface area contributed by atoms with E-state index in [4.69, 9.17) is 12.2 Å². The summed E-state index contributed by atoms with van der Waals surface area (Å²) >= 11 is 5.23. The van der Waals surface area contributed by atoms with Gasteiger partial charge in [0, 0.05) is 11.3 Å². The number of carbonyl (C=O) groups is 1. The lowest BCUT2D eigenvalue weighted by Gasteiger charge is -2.19. The Morgan fingerprint density at radius 3 is 2.16 bits per heavy atom. The van der Waals surface area contributed by atoms with Crippen LogP contribution in [0.2, 0.25) is 0 Å². The molecular weight excluding hydrogens is 330 g/mol. The lowest BCUT2D eigenvalue weighted by Crippen LogP contribution is -2.43. The van der Waals surface area contributed by atoms with Gasteiger partial charge in [0.15, 0.2) is 5.11 Å². The van der Waals surface area contributed by atoms with Crippen molar-refractivity contribution in [3.05, 3.63) is 64.7 Å². The van der Waals surface area contributed by atoms with Gasteiger partial charge in [-0.3, -0.25) is 15.6 Å². The van der Waals surface area contributed by atoms with Crippen molar-refractivity contribution in [3.8, 4) is 0 Å². The zero-order valence-electron chi connectivity index (χ0n) is 15.4. The van der Waals surface area contributed by atoms with Crippen molar-refractivity contribution in [1.29, 1.82) is 0 Å². The molecule has 0 aromatic heterocycles. The Hall–Kier alpha value is -2.40. The second-order valence-corrected chi connectivity index (χ2v) is 7.59. The standard InChI is InChI=1S/C20H25N3OS/c1-13-6-11-17(14(2)12-13)21-19(25)23-22-18(24)15-7-9-16(10-8-15)20(3,4)5/h6-12H,1-5H3,(H,22,24)(H2,21,23,25). The molecule has 0 saturated carbocycles. The number of nitrogens with one attached hydrogen (secondary N) is 3. The van der Waals surface area contributed by atoms with Crippen LogP contribution in [-0.4, -0.2) is 11.0 Å². The van der Waals surface area contributed by atoms with E-state index in [9.17, 15) is 4.79 Å². The molecule has 0 aliphatic heterocycles. The van der Waals surface area contributed by atoms with Gasteiger partial charge in [0.2, 0.25) is 0 Å². The van der Waals surface area contributed by atoms with Crippen LogP contribution in [0, 0.1) is 13.8 Å². The third-order valence-electron chi connectivity index (χ3n) is 3.93. The largest absolute Gasteiger partial charge is 0.331 e. The summed E-state index contributed by atoms with van der Waals surface area (Å²) in [6.07, 6.45) is 0. The number of amides is 1. The summed E-state index contributed by atoms with van der Waals surface area (Å²) in [6, 6.07) is 13.6. The minimum Gasteiger partial charge on any atom is -0.331 e. The van der Waals surface area contributed by atoms with Crippen LogP contribution in [0.3, 0.4) is 0 Å². The zero-order chi connectivity index (χ0) is 18.6. The van der Waals surface area contributed by atoms with E-state index in [-0.39, 0.29) is 11.3 Å². The molecule has 0 atom stereocenters. The van der Waals surface area contributed by atoms with Gasteiger partial charge < -0.3 is 5.32 Å². The van der Waals surface area contributed by atoms with Crippen LogP contribution < -0.4 is 16.2 Å². The summed E-state index contributed by atoms with van der Waals surface area (Å²) in [7, 11) is 0. The molecule has 0 spiro atoms. The number of rotatable bonds is 2. The van der Waals surface area contributed by atoms with Gasteiger partial charge in [-0.15, -0.1) is 0 Å². The summed E-state index contributed by atoms with van der Waals surface area (Å²) in [5.41, 5.74) is 10.4. The summed E-state index contributed by atoms with van der Waals surface area (Å²) in [5.74, 6) is -0.231. The Balaban J connectivity index is 1.92. The van der Waals surface area contributed by atoms with E-state index in [0.29, 0.717) is 10.7 Å². The molecule has 0 unspecified atom stereocenters. The molecule has 1 amide bonds. The first-order valence-electron chi connectivity index (χ1n) is 8.22. The quantitative estimate of drug-likeness (QED) is 0.557. The maximum absolute atomic E-state index is 12.2. The monoisotopic (exact) mass is 355 g/mol. The summed E-state index contributed by atoms with van der Waals surface area (Å²) < 4.78 is 0. The summed E-state index contributed by atoms with van der Waals surface area (Å²) in [4.78, 5) is 12.2. The Bertz CT molecular complexity index is 777. The fourth-order valence-electron chi connectivity index (χ4n) is 2.41. The van der Waals surface area contributed by atoms with Crippen LogP contribution in [-0.2, 0) is 5.41 Å². The Labute approximate surface area is 155 Å². The van der Waals surface area contributed by atoms with Gasteiger partial charge in [-0.05, 0) is 60.8 Å². The van der Waals surface area contributed by atoms with E-state index in [1.165, 1.54) is 11.1 Å². The number of hydrogen-bond donors (Lipinski definition) is 3. The van der Waals surface area contributed by atoms with E-state index in [1.807, 2.05) is 50.2 Å². The highest BCUT2D eigenvalue weighted by molar-refractivity contribution is 7.80. The van der Waals surface area contributed by atoms with Crippen LogP contribution in [0.1, 0.15) is 47.8 Å². The molecular formula is C20H25N3OS. The smallest absolute Gasteiger partial charge is 0.269 e. The van der Waals surface area contributed by atoms with Gasteiger partial charge in [-0.2, -0.15) is 0 Å². The van der Waals surface area contributed by atoms with Crippen molar-refractivity contribution < 1.29 is 4.79 Å². The van der Waals surface area contributed by atoms with Crippen LogP contribution in [0.4, 0.5) is 5.69 Å². The highest BCUT2D eigenvalue weighted by Gasteiger charge is 2.14. The molecule has 2 aromatic carbocycles. The molecule has 132 valence electrons. The second kappa shape index (κ2) is 7.66. The van der Waals surface area contributed by atoms with Crippen LogP contribution in [0.5, 0.6) is 0 Å². The SMILES string of the molecule is Cc1ccc(NC(=S)NNC(=O)c2ccc(C(C)(C)C)cc2)c(C)c1. The average molecular weight is 356 g/mol. The summed E-state index contributed by atoms with van der Waals surface area (Å²) in [6.45, 7) is 10.5. The number of anilines is 1. The Kier molecular flexibility index (Phi) is 5.80. The molecule has 2 rings (SSSR count). The zero-order valence-corrected chi connectivity index (χ0v) is 16.2. The van der Waals surface area contributed by atoms with Gasteiger partial charge in [0.05, 0.1) is 0 Å². The maximum Gasteiger partial charge on any atom is 0.269 e. The fourth-order valence-corrected chi connectivity index (χ4v) is 2.58. The highest BCUT2D eigenvalue weighted by atomic mass is 32.1. The molecule has 2 aromatic rings. The molecule has 25 heavy (non-hydrogen) atoms. The highest BCUT2D eigenvalue weighted by Crippen LogP contribution is 2.22. The van der Waals surface area contributed by atoms with Gasteiger partial charge in [0.1, 0.15) is 0 Å². The molecule has 3 N–H and O–H groups in total. The van der Waals surface area contributed by atoms with Gasteiger partial charge >= 0.3 is 0 Å². The third-order valence-corrected chi connectivity index (χ3v) is 4.14. The lowest BCUT2D eigenvalue weighted by molar-refractivity contribution is 0.0944. The van der Waals surface area contributed by atoms with Gasteiger partial charge in [-0.25, -0.2) is 0 Å².